The molecular formula is C16H20ClNO3. The van der Waals surface area contributed by atoms with Crippen LogP contribution in [0.25, 0.3) is 0 Å². The molecule has 2 aliphatic heterocycles. The third kappa shape index (κ3) is 3.57. The normalized spacial score (nSPS) is 23.5. The third-order valence-corrected chi connectivity index (χ3v) is 4.28. The van der Waals surface area contributed by atoms with Crippen LogP contribution in [0.2, 0.25) is 5.02 Å². The standard InChI is InChI=1S/C16H20ClNO3/c17-13-5-1-4-12(10-13)14-6-2-7-18(14)15(19)11-16-20-8-3-9-21-16/h1,4-5,10,14,16H,2-3,6-9,11H2/t14-/m1/s1. The number of carbonyl (C=O) groups excluding carboxylic acids is 1. The van der Waals surface area contributed by atoms with Crippen LogP contribution in [0.4, 0.5) is 0 Å². The molecule has 0 spiro atoms. The summed E-state index contributed by atoms with van der Waals surface area (Å²) in [5.74, 6) is 0.101. The van der Waals surface area contributed by atoms with Crippen LogP contribution < -0.4 is 0 Å². The van der Waals surface area contributed by atoms with Crippen molar-refractivity contribution < 1.29 is 14.3 Å². The fraction of sp³-hybridized carbons (Fsp3) is 0.562. The first-order valence-electron chi connectivity index (χ1n) is 7.52. The van der Waals surface area contributed by atoms with E-state index in [1.165, 1.54) is 0 Å². The second-order valence-corrected chi connectivity index (χ2v) is 5.97. The van der Waals surface area contributed by atoms with Crippen molar-refractivity contribution in [3.63, 3.8) is 0 Å². The molecule has 5 heteroatoms. The van der Waals surface area contributed by atoms with Gasteiger partial charge in [0.05, 0.1) is 25.7 Å². The van der Waals surface area contributed by atoms with Gasteiger partial charge in [0.15, 0.2) is 6.29 Å². The Hall–Kier alpha value is -1.10. The fourth-order valence-corrected chi connectivity index (χ4v) is 3.24. The Kier molecular flexibility index (Phi) is 4.78. The molecule has 2 fully saturated rings. The Morgan fingerprint density at radius 3 is 2.86 bits per heavy atom. The van der Waals surface area contributed by atoms with Crippen molar-refractivity contribution in [2.75, 3.05) is 19.8 Å². The van der Waals surface area contributed by atoms with Gasteiger partial charge in [0.2, 0.25) is 5.91 Å². The van der Waals surface area contributed by atoms with Gasteiger partial charge in [-0.2, -0.15) is 0 Å². The maximum absolute atomic E-state index is 12.5. The summed E-state index contributed by atoms with van der Waals surface area (Å²) < 4.78 is 11.0. The zero-order valence-corrected chi connectivity index (χ0v) is 12.7. The molecule has 1 aromatic carbocycles. The molecule has 2 saturated heterocycles. The first kappa shape index (κ1) is 14.8. The average molecular weight is 310 g/mol. The minimum atomic E-state index is -0.383. The van der Waals surface area contributed by atoms with E-state index in [0.717, 1.165) is 31.4 Å². The van der Waals surface area contributed by atoms with Crippen molar-refractivity contribution in [1.82, 2.24) is 4.90 Å². The number of rotatable bonds is 3. The van der Waals surface area contributed by atoms with Gasteiger partial charge in [0.25, 0.3) is 0 Å². The second-order valence-electron chi connectivity index (χ2n) is 5.53. The fourth-order valence-electron chi connectivity index (χ4n) is 3.04. The van der Waals surface area contributed by atoms with Gasteiger partial charge in [0, 0.05) is 11.6 Å². The molecule has 0 aliphatic carbocycles. The van der Waals surface area contributed by atoms with E-state index in [0.29, 0.717) is 24.7 Å². The molecule has 2 heterocycles. The smallest absolute Gasteiger partial charge is 0.228 e. The summed E-state index contributed by atoms with van der Waals surface area (Å²) >= 11 is 6.06. The Labute approximate surface area is 130 Å². The van der Waals surface area contributed by atoms with Crippen LogP contribution in [0.15, 0.2) is 24.3 Å². The van der Waals surface area contributed by atoms with E-state index in [1.54, 1.807) is 0 Å². The summed E-state index contributed by atoms with van der Waals surface area (Å²) in [6, 6.07) is 7.91. The van der Waals surface area contributed by atoms with Gasteiger partial charge in [-0.1, -0.05) is 23.7 Å². The van der Waals surface area contributed by atoms with Crippen LogP contribution in [0.1, 0.15) is 37.3 Å². The zero-order chi connectivity index (χ0) is 14.7. The molecule has 0 aromatic heterocycles. The van der Waals surface area contributed by atoms with Gasteiger partial charge in [-0.25, -0.2) is 0 Å². The molecule has 1 atom stereocenters. The number of carbonyl (C=O) groups is 1. The molecular weight excluding hydrogens is 290 g/mol. The number of benzene rings is 1. The zero-order valence-electron chi connectivity index (χ0n) is 12.0. The van der Waals surface area contributed by atoms with Gasteiger partial charge < -0.3 is 14.4 Å². The maximum Gasteiger partial charge on any atom is 0.228 e. The lowest BCUT2D eigenvalue weighted by Crippen LogP contribution is -2.36. The Morgan fingerprint density at radius 1 is 1.29 bits per heavy atom. The molecule has 3 rings (SSSR count). The molecule has 0 N–H and O–H groups in total. The molecule has 1 aromatic rings. The van der Waals surface area contributed by atoms with E-state index < -0.39 is 0 Å². The summed E-state index contributed by atoms with van der Waals surface area (Å²) in [5, 5.41) is 0.714. The highest BCUT2D eigenvalue weighted by molar-refractivity contribution is 6.30. The number of ether oxygens (including phenoxy) is 2. The molecule has 0 saturated carbocycles. The number of halogens is 1. The second kappa shape index (κ2) is 6.77. The predicted octanol–water partition coefficient (Wildman–Crippen LogP) is 3.16. The van der Waals surface area contributed by atoms with Crippen LogP contribution in [-0.2, 0) is 14.3 Å². The van der Waals surface area contributed by atoms with Crippen LogP contribution >= 0.6 is 11.6 Å². The SMILES string of the molecule is O=C(CC1OCCCO1)N1CCC[C@@H]1c1cccc(Cl)c1. The monoisotopic (exact) mass is 309 g/mol. The van der Waals surface area contributed by atoms with E-state index in [1.807, 2.05) is 29.2 Å². The molecule has 0 bridgehead atoms. The third-order valence-electron chi connectivity index (χ3n) is 4.04. The van der Waals surface area contributed by atoms with Gasteiger partial charge in [-0.3, -0.25) is 4.79 Å². The summed E-state index contributed by atoms with van der Waals surface area (Å²) in [4.78, 5) is 14.5. The summed E-state index contributed by atoms with van der Waals surface area (Å²) in [6.07, 6.45) is 2.83. The van der Waals surface area contributed by atoms with Crippen LogP contribution in [0.3, 0.4) is 0 Å². The molecule has 1 amide bonds. The quantitative estimate of drug-likeness (QED) is 0.861. The molecule has 4 nitrogen and oxygen atoms in total. The lowest BCUT2D eigenvalue weighted by molar-refractivity contribution is -0.187. The Balaban J connectivity index is 1.67. The lowest BCUT2D eigenvalue weighted by atomic mass is 10.0. The van der Waals surface area contributed by atoms with Crippen molar-refractivity contribution >= 4 is 17.5 Å². The number of amides is 1. The molecule has 114 valence electrons. The molecule has 21 heavy (non-hydrogen) atoms. The summed E-state index contributed by atoms with van der Waals surface area (Å²) in [6.45, 7) is 2.15. The van der Waals surface area contributed by atoms with Gasteiger partial charge in [0.1, 0.15) is 0 Å². The minimum absolute atomic E-state index is 0.101. The lowest BCUT2D eigenvalue weighted by Gasteiger charge is -2.28. The number of hydrogen-bond acceptors (Lipinski definition) is 3. The van der Waals surface area contributed by atoms with Crippen LogP contribution in [-0.4, -0.2) is 36.9 Å². The molecule has 0 radical (unpaired) electrons. The van der Waals surface area contributed by atoms with Crippen molar-refractivity contribution in [2.24, 2.45) is 0 Å². The van der Waals surface area contributed by atoms with E-state index in [4.69, 9.17) is 21.1 Å². The maximum atomic E-state index is 12.5. The largest absolute Gasteiger partial charge is 0.352 e. The highest BCUT2D eigenvalue weighted by Gasteiger charge is 2.31. The first-order valence-corrected chi connectivity index (χ1v) is 7.90. The predicted molar refractivity (Wildman–Crippen MR) is 80.1 cm³/mol. The van der Waals surface area contributed by atoms with Crippen molar-refractivity contribution in [1.29, 1.82) is 0 Å². The van der Waals surface area contributed by atoms with Crippen LogP contribution in [0, 0.1) is 0 Å². The summed E-state index contributed by atoms with van der Waals surface area (Å²) in [5.41, 5.74) is 1.11. The average Bonchev–Trinajstić information content (AvgIpc) is 2.98. The van der Waals surface area contributed by atoms with Gasteiger partial charge >= 0.3 is 0 Å². The molecule has 2 aliphatic rings. The highest BCUT2D eigenvalue weighted by Crippen LogP contribution is 2.33. The topological polar surface area (TPSA) is 38.8 Å². The Morgan fingerprint density at radius 2 is 2.10 bits per heavy atom. The highest BCUT2D eigenvalue weighted by atomic mass is 35.5. The van der Waals surface area contributed by atoms with Crippen molar-refractivity contribution in [2.45, 2.75) is 38.0 Å². The van der Waals surface area contributed by atoms with Crippen molar-refractivity contribution in [3.05, 3.63) is 34.9 Å². The number of nitrogens with zero attached hydrogens (tertiary/aromatic N) is 1. The number of hydrogen-bond donors (Lipinski definition) is 0. The summed E-state index contributed by atoms with van der Waals surface area (Å²) in [7, 11) is 0. The van der Waals surface area contributed by atoms with E-state index in [-0.39, 0.29) is 18.2 Å². The van der Waals surface area contributed by atoms with Gasteiger partial charge in [-0.05, 0) is 37.0 Å². The van der Waals surface area contributed by atoms with Gasteiger partial charge in [-0.15, -0.1) is 0 Å². The van der Waals surface area contributed by atoms with E-state index in [2.05, 4.69) is 0 Å². The number of likely N-dealkylation sites (tertiary alicyclic amines) is 1. The van der Waals surface area contributed by atoms with Crippen LogP contribution in [0.5, 0.6) is 0 Å². The first-order chi connectivity index (χ1) is 10.2. The molecule has 0 unspecified atom stereocenters. The van der Waals surface area contributed by atoms with Crippen molar-refractivity contribution in [3.8, 4) is 0 Å². The Bertz CT molecular complexity index is 502. The van der Waals surface area contributed by atoms with E-state index >= 15 is 0 Å². The van der Waals surface area contributed by atoms with E-state index in [9.17, 15) is 4.79 Å². The minimum Gasteiger partial charge on any atom is -0.352 e.